The molecule has 1 heterocycles. The highest BCUT2D eigenvalue weighted by molar-refractivity contribution is 6.31. The molecule has 0 bridgehead atoms. The molecule has 2 aromatic rings. The second kappa shape index (κ2) is 7.62. The first-order valence-corrected chi connectivity index (χ1v) is 8.41. The lowest BCUT2D eigenvalue weighted by molar-refractivity contribution is -0.122. The first kappa shape index (κ1) is 16.0. The number of likely N-dealkylation sites (tertiary alicyclic amines) is 1. The van der Waals surface area contributed by atoms with Gasteiger partial charge in [-0.25, -0.2) is 0 Å². The van der Waals surface area contributed by atoms with Crippen LogP contribution in [0.25, 0.3) is 0 Å². The summed E-state index contributed by atoms with van der Waals surface area (Å²) in [7, 11) is 0. The molecule has 3 nitrogen and oxygen atoms in total. The van der Waals surface area contributed by atoms with Gasteiger partial charge in [0, 0.05) is 17.6 Å². The van der Waals surface area contributed by atoms with Gasteiger partial charge in [0.1, 0.15) is 0 Å². The second-order valence-electron chi connectivity index (χ2n) is 5.91. The number of hydrogen-bond donors (Lipinski definition) is 1. The summed E-state index contributed by atoms with van der Waals surface area (Å²) in [5, 5.41) is 3.66. The molecule has 1 aliphatic rings. The van der Waals surface area contributed by atoms with Crippen LogP contribution in [0.3, 0.4) is 0 Å². The van der Waals surface area contributed by atoms with Crippen molar-refractivity contribution in [1.29, 1.82) is 0 Å². The molecule has 1 saturated heterocycles. The average Bonchev–Trinajstić information content (AvgIpc) is 3.03. The van der Waals surface area contributed by atoms with Gasteiger partial charge in [-0.3, -0.25) is 9.69 Å². The van der Waals surface area contributed by atoms with Crippen LogP contribution in [0.1, 0.15) is 30.0 Å². The minimum absolute atomic E-state index is 0.0488. The Morgan fingerprint density at radius 2 is 1.87 bits per heavy atom. The van der Waals surface area contributed by atoms with Gasteiger partial charge in [0.15, 0.2) is 0 Å². The highest BCUT2D eigenvalue weighted by atomic mass is 35.5. The van der Waals surface area contributed by atoms with Crippen molar-refractivity contribution in [3.05, 3.63) is 70.7 Å². The zero-order valence-electron chi connectivity index (χ0n) is 13.0. The van der Waals surface area contributed by atoms with E-state index in [1.807, 2.05) is 30.3 Å². The zero-order chi connectivity index (χ0) is 16.1. The summed E-state index contributed by atoms with van der Waals surface area (Å²) in [5.74, 6) is 0.0488. The van der Waals surface area contributed by atoms with Gasteiger partial charge in [-0.1, -0.05) is 60.1 Å². The number of hydrogen-bond acceptors (Lipinski definition) is 2. The van der Waals surface area contributed by atoms with Crippen LogP contribution in [-0.2, 0) is 11.3 Å². The predicted molar refractivity (Wildman–Crippen MR) is 93.3 cm³/mol. The van der Waals surface area contributed by atoms with E-state index in [4.69, 9.17) is 11.6 Å². The zero-order valence-corrected chi connectivity index (χ0v) is 13.8. The lowest BCUT2D eigenvalue weighted by Crippen LogP contribution is -2.36. The molecule has 0 radical (unpaired) electrons. The SMILES string of the molecule is O=C(CN1CCCC1c1ccccc1)NCc1ccccc1Cl. The van der Waals surface area contributed by atoms with Gasteiger partial charge in [-0.05, 0) is 36.6 Å². The third kappa shape index (κ3) is 4.12. The molecular weight excluding hydrogens is 308 g/mol. The number of nitrogens with one attached hydrogen (secondary N) is 1. The van der Waals surface area contributed by atoms with E-state index in [1.54, 1.807) is 0 Å². The third-order valence-corrected chi connectivity index (χ3v) is 4.70. The van der Waals surface area contributed by atoms with Crippen molar-refractivity contribution in [2.75, 3.05) is 13.1 Å². The summed E-state index contributed by atoms with van der Waals surface area (Å²) in [5.41, 5.74) is 2.24. The Hall–Kier alpha value is -1.84. The van der Waals surface area contributed by atoms with Gasteiger partial charge >= 0.3 is 0 Å². The minimum atomic E-state index is 0.0488. The van der Waals surface area contributed by atoms with Gasteiger partial charge in [0.05, 0.1) is 6.54 Å². The lowest BCUT2D eigenvalue weighted by atomic mass is 10.0. The molecule has 1 atom stereocenters. The average molecular weight is 329 g/mol. The number of benzene rings is 2. The van der Waals surface area contributed by atoms with Crippen molar-refractivity contribution in [1.82, 2.24) is 10.2 Å². The van der Waals surface area contributed by atoms with Gasteiger partial charge in [0.25, 0.3) is 0 Å². The Balaban J connectivity index is 1.56. The maximum Gasteiger partial charge on any atom is 0.234 e. The summed E-state index contributed by atoms with van der Waals surface area (Å²) in [6.45, 7) is 1.88. The van der Waals surface area contributed by atoms with Crippen LogP contribution in [0.5, 0.6) is 0 Å². The first-order valence-electron chi connectivity index (χ1n) is 8.03. The molecule has 0 aromatic heterocycles. The predicted octanol–water partition coefficient (Wildman–Crippen LogP) is 3.79. The largest absolute Gasteiger partial charge is 0.351 e. The Morgan fingerprint density at radius 1 is 1.13 bits per heavy atom. The molecule has 1 N–H and O–H groups in total. The minimum Gasteiger partial charge on any atom is -0.351 e. The van der Waals surface area contributed by atoms with Crippen molar-refractivity contribution < 1.29 is 4.79 Å². The molecule has 3 rings (SSSR count). The molecule has 2 aromatic carbocycles. The van der Waals surface area contributed by atoms with E-state index in [9.17, 15) is 4.79 Å². The molecular formula is C19H21ClN2O. The fourth-order valence-corrected chi connectivity index (χ4v) is 3.35. The quantitative estimate of drug-likeness (QED) is 0.905. The highest BCUT2D eigenvalue weighted by Crippen LogP contribution is 2.31. The lowest BCUT2D eigenvalue weighted by Gasteiger charge is -2.24. The summed E-state index contributed by atoms with van der Waals surface area (Å²) in [6.07, 6.45) is 2.25. The monoisotopic (exact) mass is 328 g/mol. The molecule has 0 spiro atoms. The van der Waals surface area contributed by atoms with Crippen molar-refractivity contribution >= 4 is 17.5 Å². The Bertz CT molecular complexity index is 659. The van der Waals surface area contributed by atoms with Crippen LogP contribution in [0.2, 0.25) is 5.02 Å². The normalized spacial score (nSPS) is 18.0. The number of carbonyl (C=O) groups excluding carboxylic acids is 1. The molecule has 1 fully saturated rings. The van der Waals surface area contributed by atoms with Crippen LogP contribution in [0.4, 0.5) is 0 Å². The van der Waals surface area contributed by atoms with Gasteiger partial charge < -0.3 is 5.32 Å². The van der Waals surface area contributed by atoms with E-state index in [0.717, 1.165) is 24.9 Å². The van der Waals surface area contributed by atoms with E-state index in [1.165, 1.54) is 5.56 Å². The van der Waals surface area contributed by atoms with E-state index in [-0.39, 0.29) is 5.91 Å². The van der Waals surface area contributed by atoms with Crippen molar-refractivity contribution in [2.24, 2.45) is 0 Å². The Kier molecular flexibility index (Phi) is 5.31. The maximum absolute atomic E-state index is 12.3. The second-order valence-corrected chi connectivity index (χ2v) is 6.31. The molecule has 0 saturated carbocycles. The fourth-order valence-electron chi connectivity index (χ4n) is 3.14. The summed E-state index contributed by atoms with van der Waals surface area (Å²) < 4.78 is 0. The maximum atomic E-state index is 12.3. The number of halogens is 1. The topological polar surface area (TPSA) is 32.3 Å². The first-order chi connectivity index (χ1) is 11.2. The standard InChI is InChI=1S/C19H21ClN2O/c20-17-10-5-4-9-16(17)13-21-19(23)14-22-12-6-11-18(22)15-7-2-1-3-8-15/h1-5,7-10,18H,6,11-14H2,(H,21,23). The van der Waals surface area contributed by atoms with Gasteiger partial charge in [-0.15, -0.1) is 0 Å². The third-order valence-electron chi connectivity index (χ3n) is 4.33. The fraction of sp³-hybridized carbons (Fsp3) is 0.316. The van der Waals surface area contributed by atoms with Crippen molar-refractivity contribution in [3.8, 4) is 0 Å². The van der Waals surface area contributed by atoms with E-state index in [0.29, 0.717) is 24.2 Å². The molecule has 120 valence electrons. The molecule has 1 unspecified atom stereocenters. The number of nitrogens with zero attached hydrogens (tertiary/aromatic N) is 1. The van der Waals surface area contributed by atoms with Gasteiger partial charge in [-0.2, -0.15) is 0 Å². The van der Waals surface area contributed by atoms with E-state index in [2.05, 4.69) is 34.5 Å². The van der Waals surface area contributed by atoms with E-state index < -0.39 is 0 Å². The molecule has 23 heavy (non-hydrogen) atoms. The number of rotatable bonds is 5. The number of amides is 1. The highest BCUT2D eigenvalue weighted by Gasteiger charge is 2.27. The van der Waals surface area contributed by atoms with Crippen LogP contribution in [0, 0.1) is 0 Å². The van der Waals surface area contributed by atoms with Gasteiger partial charge in [0.2, 0.25) is 5.91 Å². The molecule has 4 heteroatoms. The van der Waals surface area contributed by atoms with Crippen LogP contribution in [0.15, 0.2) is 54.6 Å². The summed E-state index contributed by atoms with van der Waals surface area (Å²) >= 11 is 6.12. The van der Waals surface area contributed by atoms with Crippen molar-refractivity contribution in [2.45, 2.75) is 25.4 Å². The van der Waals surface area contributed by atoms with Crippen molar-refractivity contribution in [3.63, 3.8) is 0 Å². The summed E-state index contributed by atoms with van der Waals surface area (Å²) in [4.78, 5) is 14.5. The number of carbonyl (C=O) groups is 1. The molecule has 0 aliphatic carbocycles. The smallest absolute Gasteiger partial charge is 0.234 e. The summed E-state index contributed by atoms with van der Waals surface area (Å²) in [6, 6.07) is 18.4. The van der Waals surface area contributed by atoms with E-state index >= 15 is 0 Å². The Morgan fingerprint density at radius 3 is 2.65 bits per heavy atom. The van der Waals surface area contributed by atoms with Crippen LogP contribution >= 0.6 is 11.6 Å². The molecule has 1 aliphatic heterocycles. The molecule has 1 amide bonds. The van der Waals surface area contributed by atoms with Crippen LogP contribution < -0.4 is 5.32 Å². The Labute approximate surface area is 142 Å². The van der Waals surface area contributed by atoms with Crippen LogP contribution in [-0.4, -0.2) is 23.9 Å².